The lowest BCUT2D eigenvalue weighted by Gasteiger charge is -2.04. The lowest BCUT2D eigenvalue weighted by Crippen LogP contribution is -1.96. The van der Waals surface area contributed by atoms with Crippen molar-refractivity contribution < 1.29 is 4.42 Å². The smallest absolute Gasteiger partial charge is 0.154 e. The molecule has 0 spiro atoms. The van der Waals surface area contributed by atoms with Crippen molar-refractivity contribution in [1.82, 2.24) is 14.6 Å². The number of hydrogen-bond acceptors (Lipinski definition) is 3. The van der Waals surface area contributed by atoms with Gasteiger partial charge in [0.25, 0.3) is 0 Å². The summed E-state index contributed by atoms with van der Waals surface area (Å²) in [6, 6.07) is 13.4. The second kappa shape index (κ2) is 4.75. The van der Waals surface area contributed by atoms with Crippen LogP contribution in [0.5, 0.6) is 0 Å². The van der Waals surface area contributed by atoms with Gasteiger partial charge >= 0.3 is 0 Å². The fraction of sp³-hybridized carbons (Fsp3) is 0. The van der Waals surface area contributed by atoms with Gasteiger partial charge < -0.3 is 4.42 Å². The summed E-state index contributed by atoms with van der Waals surface area (Å²) in [6.07, 6.45) is 5.10. The molecule has 0 aliphatic rings. The number of benzene rings is 1. The SMILES string of the molecule is Clc1cccc(-c2ccc3ncc(-c4ccoc4)n3n2)c1. The van der Waals surface area contributed by atoms with E-state index in [-0.39, 0.29) is 0 Å². The molecular weight excluding hydrogens is 286 g/mol. The van der Waals surface area contributed by atoms with Gasteiger partial charge in [0.15, 0.2) is 5.65 Å². The molecule has 0 radical (unpaired) electrons. The highest BCUT2D eigenvalue weighted by Crippen LogP contribution is 2.24. The first-order valence-corrected chi connectivity index (χ1v) is 6.82. The van der Waals surface area contributed by atoms with E-state index in [1.54, 1.807) is 23.2 Å². The van der Waals surface area contributed by atoms with Crippen LogP contribution in [0.4, 0.5) is 0 Å². The van der Waals surface area contributed by atoms with Crippen molar-refractivity contribution in [2.75, 3.05) is 0 Å². The van der Waals surface area contributed by atoms with E-state index < -0.39 is 0 Å². The Morgan fingerprint density at radius 2 is 2.00 bits per heavy atom. The standard InChI is InChI=1S/C16H10ClN3O/c17-13-3-1-2-11(8-13)14-4-5-16-18-9-15(20(16)19-14)12-6-7-21-10-12/h1-10H. The van der Waals surface area contributed by atoms with Gasteiger partial charge in [0.1, 0.15) is 0 Å². The first kappa shape index (κ1) is 12.2. The number of furan rings is 1. The van der Waals surface area contributed by atoms with Crippen LogP contribution in [0.1, 0.15) is 0 Å². The second-order valence-electron chi connectivity index (χ2n) is 4.65. The molecule has 0 aliphatic heterocycles. The molecule has 0 bridgehead atoms. The summed E-state index contributed by atoms with van der Waals surface area (Å²) in [4.78, 5) is 4.36. The van der Waals surface area contributed by atoms with Crippen molar-refractivity contribution in [3.05, 3.63) is 66.2 Å². The molecule has 0 saturated heterocycles. The number of fused-ring (bicyclic) bond motifs is 1. The predicted octanol–water partition coefficient (Wildman–Crippen LogP) is 4.31. The number of nitrogens with zero attached hydrogens (tertiary/aromatic N) is 3. The average molecular weight is 296 g/mol. The fourth-order valence-electron chi connectivity index (χ4n) is 2.28. The van der Waals surface area contributed by atoms with E-state index in [0.717, 1.165) is 28.2 Å². The monoisotopic (exact) mass is 295 g/mol. The number of rotatable bonds is 2. The molecular formula is C16H10ClN3O. The molecule has 4 nitrogen and oxygen atoms in total. The summed E-state index contributed by atoms with van der Waals surface area (Å²) in [7, 11) is 0. The van der Waals surface area contributed by atoms with Crippen LogP contribution in [0.15, 0.2) is 65.6 Å². The Bertz CT molecular complexity index is 912. The zero-order chi connectivity index (χ0) is 14.2. The van der Waals surface area contributed by atoms with Gasteiger partial charge in [-0.3, -0.25) is 0 Å². The molecule has 4 rings (SSSR count). The van der Waals surface area contributed by atoms with Gasteiger partial charge in [-0.05, 0) is 30.3 Å². The third-order valence-electron chi connectivity index (χ3n) is 3.30. The zero-order valence-corrected chi connectivity index (χ0v) is 11.7. The van der Waals surface area contributed by atoms with Gasteiger partial charge in [0.05, 0.1) is 30.1 Å². The molecule has 5 heteroatoms. The van der Waals surface area contributed by atoms with Gasteiger partial charge in [-0.2, -0.15) is 5.10 Å². The van der Waals surface area contributed by atoms with Crippen molar-refractivity contribution in [3.8, 4) is 22.5 Å². The van der Waals surface area contributed by atoms with Crippen LogP contribution in [0, 0.1) is 0 Å². The van der Waals surface area contributed by atoms with Crippen LogP contribution in [0.2, 0.25) is 5.02 Å². The highest BCUT2D eigenvalue weighted by atomic mass is 35.5. The Hall–Kier alpha value is -2.59. The molecule has 4 aromatic rings. The molecule has 1 aromatic carbocycles. The van der Waals surface area contributed by atoms with E-state index in [9.17, 15) is 0 Å². The lowest BCUT2D eigenvalue weighted by atomic mass is 10.1. The number of aromatic nitrogens is 3. The maximum Gasteiger partial charge on any atom is 0.154 e. The van der Waals surface area contributed by atoms with Crippen molar-refractivity contribution in [1.29, 1.82) is 0 Å². The van der Waals surface area contributed by atoms with E-state index in [2.05, 4.69) is 10.1 Å². The molecule has 0 N–H and O–H groups in total. The summed E-state index contributed by atoms with van der Waals surface area (Å²) < 4.78 is 6.94. The molecule has 102 valence electrons. The van der Waals surface area contributed by atoms with E-state index in [0.29, 0.717) is 5.02 Å². The quantitative estimate of drug-likeness (QED) is 0.553. The van der Waals surface area contributed by atoms with Gasteiger partial charge in [-0.15, -0.1) is 0 Å². The minimum atomic E-state index is 0.690. The zero-order valence-electron chi connectivity index (χ0n) is 10.9. The van der Waals surface area contributed by atoms with Crippen molar-refractivity contribution in [2.24, 2.45) is 0 Å². The van der Waals surface area contributed by atoms with Crippen LogP contribution >= 0.6 is 11.6 Å². The number of hydrogen-bond donors (Lipinski definition) is 0. The Morgan fingerprint density at radius 1 is 1.05 bits per heavy atom. The summed E-state index contributed by atoms with van der Waals surface area (Å²) in [6.45, 7) is 0. The normalized spacial score (nSPS) is 11.1. The Labute approximate surface area is 125 Å². The van der Waals surface area contributed by atoms with Crippen LogP contribution in [-0.4, -0.2) is 14.6 Å². The second-order valence-corrected chi connectivity index (χ2v) is 5.09. The summed E-state index contributed by atoms with van der Waals surface area (Å²) in [5.41, 5.74) is 4.43. The molecule has 0 unspecified atom stereocenters. The topological polar surface area (TPSA) is 43.3 Å². The third-order valence-corrected chi connectivity index (χ3v) is 3.53. The summed E-state index contributed by atoms with van der Waals surface area (Å²) in [5.74, 6) is 0. The number of halogens is 1. The summed E-state index contributed by atoms with van der Waals surface area (Å²) >= 11 is 6.05. The molecule has 0 fully saturated rings. The third kappa shape index (κ3) is 2.10. The maximum absolute atomic E-state index is 6.05. The Kier molecular flexibility index (Phi) is 2.75. The van der Waals surface area contributed by atoms with Crippen LogP contribution in [0.3, 0.4) is 0 Å². The molecule has 0 amide bonds. The van der Waals surface area contributed by atoms with Gasteiger partial charge in [0, 0.05) is 16.1 Å². The highest BCUT2D eigenvalue weighted by Gasteiger charge is 2.09. The van der Waals surface area contributed by atoms with E-state index in [4.69, 9.17) is 16.0 Å². The van der Waals surface area contributed by atoms with Crippen LogP contribution in [-0.2, 0) is 0 Å². The Balaban J connectivity index is 1.91. The van der Waals surface area contributed by atoms with Crippen LogP contribution < -0.4 is 0 Å². The highest BCUT2D eigenvalue weighted by molar-refractivity contribution is 6.30. The Morgan fingerprint density at radius 3 is 2.81 bits per heavy atom. The van der Waals surface area contributed by atoms with E-state index >= 15 is 0 Å². The van der Waals surface area contributed by atoms with Gasteiger partial charge in [-0.1, -0.05) is 23.7 Å². The van der Waals surface area contributed by atoms with Gasteiger partial charge in [0.2, 0.25) is 0 Å². The number of imidazole rings is 1. The van der Waals surface area contributed by atoms with E-state index in [1.165, 1.54) is 0 Å². The first-order valence-electron chi connectivity index (χ1n) is 6.44. The van der Waals surface area contributed by atoms with Crippen molar-refractivity contribution in [3.63, 3.8) is 0 Å². The van der Waals surface area contributed by atoms with Crippen LogP contribution in [0.25, 0.3) is 28.2 Å². The minimum absolute atomic E-state index is 0.690. The molecule has 0 aliphatic carbocycles. The molecule has 0 saturated carbocycles. The molecule has 0 atom stereocenters. The predicted molar refractivity (Wildman–Crippen MR) is 81.1 cm³/mol. The fourth-order valence-corrected chi connectivity index (χ4v) is 2.47. The largest absolute Gasteiger partial charge is 0.472 e. The first-order chi connectivity index (χ1) is 10.3. The maximum atomic E-state index is 6.05. The molecule has 3 aromatic heterocycles. The van der Waals surface area contributed by atoms with E-state index in [1.807, 2.05) is 42.5 Å². The average Bonchev–Trinajstić information content (AvgIpc) is 3.15. The lowest BCUT2D eigenvalue weighted by molar-refractivity contribution is 0.568. The summed E-state index contributed by atoms with van der Waals surface area (Å²) in [5, 5.41) is 5.35. The van der Waals surface area contributed by atoms with Crippen molar-refractivity contribution >= 4 is 17.2 Å². The molecule has 3 heterocycles. The van der Waals surface area contributed by atoms with Gasteiger partial charge in [-0.25, -0.2) is 9.50 Å². The minimum Gasteiger partial charge on any atom is -0.472 e. The molecule has 21 heavy (non-hydrogen) atoms. The van der Waals surface area contributed by atoms with Crippen molar-refractivity contribution in [2.45, 2.75) is 0 Å².